The van der Waals surface area contributed by atoms with Crippen LogP contribution >= 0.6 is 0 Å². The summed E-state index contributed by atoms with van der Waals surface area (Å²) in [6.07, 6.45) is 1.62. The molecule has 1 aliphatic rings. The normalized spacial score (nSPS) is 17.6. The van der Waals surface area contributed by atoms with Crippen LogP contribution in [0.2, 0.25) is 0 Å². The van der Waals surface area contributed by atoms with Crippen LogP contribution in [0, 0.1) is 17.6 Å². The molecule has 5 heteroatoms. The Morgan fingerprint density at radius 1 is 1.26 bits per heavy atom. The molecule has 0 bridgehead atoms. The van der Waals surface area contributed by atoms with Crippen molar-refractivity contribution in [1.82, 2.24) is 4.90 Å². The molecule has 0 spiro atoms. The lowest BCUT2D eigenvalue weighted by Gasteiger charge is -2.30. The van der Waals surface area contributed by atoms with Gasteiger partial charge in [-0.15, -0.1) is 0 Å². The Labute approximate surface area is 110 Å². The number of nitrogens with zero attached hydrogens (tertiary/aromatic N) is 1. The summed E-state index contributed by atoms with van der Waals surface area (Å²) in [5.74, 6) is -1.87. The summed E-state index contributed by atoms with van der Waals surface area (Å²) in [4.78, 5) is 13.8. The Morgan fingerprint density at radius 2 is 1.84 bits per heavy atom. The van der Waals surface area contributed by atoms with Crippen LogP contribution < -0.4 is 0 Å². The zero-order chi connectivity index (χ0) is 13.8. The molecule has 1 aromatic carbocycles. The van der Waals surface area contributed by atoms with Gasteiger partial charge in [0.1, 0.15) is 11.6 Å². The molecule has 1 fully saturated rings. The van der Waals surface area contributed by atoms with Crippen LogP contribution in [0.25, 0.3) is 0 Å². The SMILES string of the molecule is O=C(CN1CCC(CO)CC1)c1c(F)cccc1F. The largest absolute Gasteiger partial charge is 0.396 e. The van der Waals surface area contributed by atoms with E-state index in [-0.39, 0.29) is 19.1 Å². The molecular formula is C14H17F2NO2. The molecule has 3 nitrogen and oxygen atoms in total. The van der Waals surface area contributed by atoms with Crippen LogP contribution in [0.15, 0.2) is 18.2 Å². The van der Waals surface area contributed by atoms with Crippen LogP contribution in [0.4, 0.5) is 8.78 Å². The van der Waals surface area contributed by atoms with Gasteiger partial charge in [-0.05, 0) is 44.0 Å². The first-order chi connectivity index (χ1) is 9.11. The van der Waals surface area contributed by atoms with Crippen LogP contribution in [-0.2, 0) is 0 Å². The first-order valence-corrected chi connectivity index (χ1v) is 6.42. The second kappa shape index (κ2) is 6.21. The molecule has 0 amide bonds. The van der Waals surface area contributed by atoms with Gasteiger partial charge in [0.25, 0.3) is 0 Å². The average Bonchev–Trinajstić information content (AvgIpc) is 2.39. The maximum Gasteiger partial charge on any atom is 0.182 e. The van der Waals surface area contributed by atoms with E-state index in [2.05, 4.69) is 0 Å². The highest BCUT2D eigenvalue weighted by Gasteiger charge is 2.23. The van der Waals surface area contributed by atoms with Gasteiger partial charge in [0.15, 0.2) is 5.78 Å². The van der Waals surface area contributed by atoms with E-state index in [1.54, 1.807) is 0 Å². The Morgan fingerprint density at radius 3 is 2.37 bits per heavy atom. The lowest BCUT2D eigenvalue weighted by molar-refractivity contribution is 0.0856. The number of halogens is 2. The van der Waals surface area contributed by atoms with Crippen molar-refractivity contribution in [3.63, 3.8) is 0 Å². The topological polar surface area (TPSA) is 40.5 Å². The van der Waals surface area contributed by atoms with Crippen LogP contribution in [0.3, 0.4) is 0 Å². The van der Waals surface area contributed by atoms with E-state index >= 15 is 0 Å². The fourth-order valence-electron chi connectivity index (χ4n) is 2.37. The summed E-state index contributed by atoms with van der Waals surface area (Å²) in [6, 6.07) is 3.43. The number of aliphatic hydroxyl groups is 1. The van der Waals surface area contributed by atoms with E-state index in [0.29, 0.717) is 13.1 Å². The predicted molar refractivity (Wildman–Crippen MR) is 66.9 cm³/mol. The van der Waals surface area contributed by atoms with Crippen molar-refractivity contribution < 1.29 is 18.7 Å². The maximum absolute atomic E-state index is 13.5. The lowest BCUT2D eigenvalue weighted by Crippen LogP contribution is -2.38. The third-order valence-corrected chi connectivity index (χ3v) is 3.57. The maximum atomic E-state index is 13.5. The molecule has 19 heavy (non-hydrogen) atoms. The van der Waals surface area contributed by atoms with Crippen LogP contribution in [0.1, 0.15) is 23.2 Å². The van der Waals surface area contributed by atoms with Crippen molar-refractivity contribution in [1.29, 1.82) is 0 Å². The summed E-state index contributed by atoms with van der Waals surface area (Å²) < 4.78 is 26.9. The summed E-state index contributed by atoms with van der Waals surface area (Å²) >= 11 is 0. The molecule has 1 aromatic rings. The Balaban J connectivity index is 1.98. The number of benzene rings is 1. The van der Waals surface area contributed by atoms with Gasteiger partial charge in [-0.25, -0.2) is 8.78 Å². The highest BCUT2D eigenvalue weighted by Crippen LogP contribution is 2.18. The minimum absolute atomic E-state index is 0.0238. The van der Waals surface area contributed by atoms with Gasteiger partial charge in [-0.1, -0.05) is 6.07 Å². The Bertz CT molecular complexity index is 437. The van der Waals surface area contributed by atoms with Crippen molar-refractivity contribution in [3.05, 3.63) is 35.4 Å². The fourth-order valence-corrected chi connectivity index (χ4v) is 2.37. The number of carbonyl (C=O) groups is 1. The number of aliphatic hydroxyl groups excluding tert-OH is 1. The zero-order valence-corrected chi connectivity index (χ0v) is 10.6. The summed E-state index contributed by atoms with van der Waals surface area (Å²) in [5.41, 5.74) is -0.452. The van der Waals surface area contributed by atoms with Crippen molar-refractivity contribution in [2.45, 2.75) is 12.8 Å². The van der Waals surface area contributed by atoms with Crippen LogP contribution in [0.5, 0.6) is 0 Å². The first-order valence-electron chi connectivity index (χ1n) is 6.42. The molecule has 0 aromatic heterocycles. The smallest absolute Gasteiger partial charge is 0.182 e. The van der Waals surface area contributed by atoms with E-state index in [9.17, 15) is 13.6 Å². The average molecular weight is 269 g/mol. The molecule has 1 N–H and O–H groups in total. The van der Waals surface area contributed by atoms with E-state index in [0.717, 1.165) is 25.0 Å². The van der Waals surface area contributed by atoms with Gasteiger partial charge in [0, 0.05) is 6.61 Å². The summed E-state index contributed by atoms with van der Waals surface area (Å²) in [5, 5.41) is 9.03. The number of ketones is 1. The summed E-state index contributed by atoms with van der Waals surface area (Å²) in [6.45, 7) is 1.53. The van der Waals surface area contributed by atoms with Crippen molar-refractivity contribution in [2.24, 2.45) is 5.92 Å². The summed E-state index contributed by atoms with van der Waals surface area (Å²) in [7, 11) is 0. The third kappa shape index (κ3) is 3.36. The number of carbonyl (C=O) groups excluding carboxylic acids is 1. The molecule has 0 aliphatic carbocycles. The highest BCUT2D eigenvalue weighted by atomic mass is 19.1. The highest BCUT2D eigenvalue weighted by molar-refractivity contribution is 5.98. The predicted octanol–water partition coefficient (Wildman–Crippen LogP) is 1.85. The molecule has 2 rings (SSSR count). The van der Waals surface area contributed by atoms with Gasteiger partial charge in [0.05, 0.1) is 12.1 Å². The molecule has 0 unspecified atom stereocenters. The second-order valence-corrected chi connectivity index (χ2v) is 4.92. The molecular weight excluding hydrogens is 252 g/mol. The Kier molecular flexibility index (Phi) is 4.61. The quantitative estimate of drug-likeness (QED) is 0.848. The molecule has 0 saturated carbocycles. The number of hydrogen-bond donors (Lipinski definition) is 1. The second-order valence-electron chi connectivity index (χ2n) is 4.92. The van der Waals surface area contributed by atoms with Crippen molar-refractivity contribution in [2.75, 3.05) is 26.2 Å². The van der Waals surface area contributed by atoms with E-state index in [1.807, 2.05) is 4.90 Å². The number of likely N-dealkylation sites (tertiary alicyclic amines) is 1. The molecule has 1 saturated heterocycles. The van der Waals surface area contributed by atoms with Crippen molar-refractivity contribution >= 4 is 5.78 Å². The molecule has 1 heterocycles. The lowest BCUT2D eigenvalue weighted by atomic mass is 9.97. The third-order valence-electron chi connectivity index (χ3n) is 3.57. The molecule has 1 aliphatic heterocycles. The van der Waals surface area contributed by atoms with Crippen LogP contribution in [-0.4, -0.2) is 42.0 Å². The van der Waals surface area contributed by atoms with E-state index < -0.39 is 23.0 Å². The molecule has 0 radical (unpaired) electrons. The van der Waals surface area contributed by atoms with E-state index in [4.69, 9.17) is 5.11 Å². The van der Waals surface area contributed by atoms with Gasteiger partial charge in [0.2, 0.25) is 0 Å². The standard InChI is InChI=1S/C14H17F2NO2/c15-11-2-1-3-12(16)14(11)13(19)8-17-6-4-10(9-18)5-7-17/h1-3,10,18H,4-9H2. The number of rotatable bonds is 4. The Hall–Kier alpha value is -1.33. The number of hydrogen-bond acceptors (Lipinski definition) is 3. The molecule has 104 valence electrons. The molecule has 0 atom stereocenters. The van der Waals surface area contributed by atoms with Gasteiger partial charge in [-0.3, -0.25) is 9.69 Å². The number of piperidine rings is 1. The van der Waals surface area contributed by atoms with Gasteiger partial charge < -0.3 is 5.11 Å². The number of Topliss-reactive ketones (excluding diaryl/α,β-unsaturated/α-hetero) is 1. The zero-order valence-electron chi connectivity index (χ0n) is 10.6. The van der Waals surface area contributed by atoms with E-state index in [1.165, 1.54) is 6.07 Å². The minimum atomic E-state index is -0.810. The monoisotopic (exact) mass is 269 g/mol. The fraction of sp³-hybridized carbons (Fsp3) is 0.500. The minimum Gasteiger partial charge on any atom is -0.396 e. The van der Waals surface area contributed by atoms with Gasteiger partial charge in [-0.2, -0.15) is 0 Å². The van der Waals surface area contributed by atoms with Crippen molar-refractivity contribution in [3.8, 4) is 0 Å². The van der Waals surface area contributed by atoms with Gasteiger partial charge >= 0.3 is 0 Å². The first kappa shape index (κ1) is 14.1.